The van der Waals surface area contributed by atoms with Gasteiger partial charge in [-0.1, -0.05) is 77.5 Å². The number of allylic oxidation sites excluding steroid dienone is 1. The van der Waals surface area contributed by atoms with Gasteiger partial charge in [0.25, 0.3) is 0 Å². The summed E-state index contributed by atoms with van der Waals surface area (Å²) in [6.07, 6.45) is 8.27. The van der Waals surface area contributed by atoms with Gasteiger partial charge in [-0.15, -0.1) is 6.58 Å². The highest BCUT2D eigenvalue weighted by atomic mass is 16.5. The van der Waals surface area contributed by atoms with E-state index in [1.54, 1.807) is 19.1 Å². The first-order chi connectivity index (χ1) is 19.5. The molecule has 1 saturated heterocycles. The van der Waals surface area contributed by atoms with E-state index in [1.165, 1.54) is 35.6 Å². The van der Waals surface area contributed by atoms with Gasteiger partial charge in [-0.3, -0.25) is 5.32 Å². The summed E-state index contributed by atoms with van der Waals surface area (Å²) in [7, 11) is 3.46. The number of rotatable bonds is 12. The number of hydrogen-bond donors (Lipinski definition) is 3. The van der Waals surface area contributed by atoms with Gasteiger partial charge in [-0.05, 0) is 66.5 Å². The van der Waals surface area contributed by atoms with E-state index in [4.69, 9.17) is 19.7 Å². The maximum Gasteiger partial charge on any atom is 0.326 e. The lowest BCUT2D eigenvalue weighted by molar-refractivity contribution is -0.141. The van der Waals surface area contributed by atoms with E-state index in [1.807, 2.05) is 18.2 Å². The minimum Gasteiger partial charge on any atom is -0.496 e. The van der Waals surface area contributed by atoms with Crippen molar-refractivity contribution in [2.24, 2.45) is 5.41 Å². The highest BCUT2D eigenvalue weighted by molar-refractivity contribution is 5.84. The number of aryl methyl sites for hydroxylation is 1. The normalized spacial score (nSPS) is 14.0. The summed E-state index contributed by atoms with van der Waals surface area (Å²) in [4.78, 5) is 12.6. The number of carbonyl (C=O) groups is 1. The van der Waals surface area contributed by atoms with Crippen molar-refractivity contribution in [2.75, 3.05) is 40.6 Å². The third-order valence-corrected chi connectivity index (χ3v) is 7.08. The van der Waals surface area contributed by atoms with E-state index in [0.717, 1.165) is 37.4 Å². The monoisotopic (exact) mass is 572 g/mol. The zero-order valence-corrected chi connectivity index (χ0v) is 26.7. The Labute approximate surface area is 249 Å². The Balaban J connectivity index is 0.000000552. The molecule has 0 bridgehead atoms. The number of aliphatic carboxylic acids is 1. The van der Waals surface area contributed by atoms with Gasteiger partial charge in [-0.2, -0.15) is 0 Å². The molecule has 0 spiro atoms. The number of aliphatic hydroxyl groups excluding tert-OH is 1. The molecule has 7 heteroatoms. The number of carboxylic acids is 1. The van der Waals surface area contributed by atoms with Gasteiger partial charge in [0.1, 0.15) is 11.8 Å². The van der Waals surface area contributed by atoms with E-state index >= 15 is 0 Å². The first kappa shape index (κ1) is 38.1. The van der Waals surface area contributed by atoms with E-state index < -0.39 is 12.0 Å². The summed E-state index contributed by atoms with van der Waals surface area (Å²) in [5, 5.41) is 22.6. The summed E-state index contributed by atoms with van der Waals surface area (Å²) >= 11 is 0. The van der Waals surface area contributed by atoms with Crippen LogP contribution in [0.5, 0.6) is 5.75 Å². The number of unbranched alkanes of at least 4 members (excludes halogenated alkanes) is 1. The van der Waals surface area contributed by atoms with Crippen LogP contribution >= 0.6 is 0 Å². The topological polar surface area (TPSA) is 91.3 Å². The molecule has 7 nitrogen and oxygen atoms in total. The van der Waals surface area contributed by atoms with Crippen LogP contribution in [0.25, 0.3) is 10.8 Å². The fraction of sp³-hybridized carbons (Fsp3) is 0.559. The third kappa shape index (κ3) is 15.6. The second-order valence-corrected chi connectivity index (χ2v) is 10.8. The standard InChI is InChI=1S/C12H12O.C9H16N2O3.C8H18O.C5H10/c1-9-7-10-5-3-4-6-11(10)8-12(9)13-2;1-7(5-10-6-12)11-4-2-3-8(11)9(13)14;1-5-8(2,3)6-7-9-4;1-3-5-4-2/h3-8H,1-2H3;8,10,12H,1-6H2,(H,13,14);5-7H2,1-4H3;3H,1,4-5H2,2H3. The van der Waals surface area contributed by atoms with Crippen molar-refractivity contribution in [3.8, 4) is 5.75 Å². The van der Waals surface area contributed by atoms with Crippen molar-refractivity contribution < 1.29 is 24.5 Å². The number of benzene rings is 2. The van der Waals surface area contributed by atoms with E-state index in [2.05, 4.69) is 77.4 Å². The average Bonchev–Trinajstić information content (AvgIpc) is 3.47. The molecule has 2 aromatic rings. The first-order valence-corrected chi connectivity index (χ1v) is 14.6. The lowest BCUT2D eigenvalue weighted by Crippen LogP contribution is -2.38. The Morgan fingerprint density at radius 1 is 1.20 bits per heavy atom. The van der Waals surface area contributed by atoms with Crippen LogP contribution in [0, 0.1) is 12.3 Å². The number of fused-ring (bicyclic) bond motifs is 1. The second-order valence-electron chi connectivity index (χ2n) is 10.8. The molecule has 2 aromatic carbocycles. The SMILES string of the molecule is C=C(CNCO)N1CCCC1C(=O)O.C=CCCC.CCC(C)(C)CCOC.COc1cc2ccccc2cc1C. The molecule has 1 heterocycles. The van der Waals surface area contributed by atoms with Crippen molar-refractivity contribution >= 4 is 16.7 Å². The van der Waals surface area contributed by atoms with Crippen molar-refractivity contribution in [1.29, 1.82) is 0 Å². The van der Waals surface area contributed by atoms with Gasteiger partial charge < -0.3 is 24.6 Å². The van der Waals surface area contributed by atoms with Crippen LogP contribution in [0.15, 0.2) is 61.3 Å². The molecule has 1 fully saturated rings. The Kier molecular flexibility index (Phi) is 20.3. The average molecular weight is 573 g/mol. The number of nitrogens with one attached hydrogen (secondary N) is 1. The lowest BCUT2D eigenvalue weighted by atomic mass is 9.87. The predicted molar refractivity (Wildman–Crippen MR) is 172 cm³/mol. The van der Waals surface area contributed by atoms with Gasteiger partial charge in [-0.25, -0.2) is 4.79 Å². The first-order valence-electron chi connectivity index (χ1n) is 14.6. The molecule has 232 valence electrons. The van der Waals surface area contributed by atoms with Gasteiger partial charge in [0.15, 0.2) is 0 Å². The van der Waals surface area contributed by atoms with Crippen molar-refractivity contribution in [1.82, 2.24) is 10.2 Å². The molecule has 1 unspecified atom stereocenters. The molecule has 0 aliphatic carbocycles. The van der Waals surface area contributed by atoms with Crippen molar-refractivity contribution in [3.05, 3.63) is 66.9 Å². The van der Waals surface area contributed by atoms with E-state index in [9.17, 15) is 4.79 Å². The molecule has 1 aliphatic heterocycles. The number of nitrogens with zero attached hydrogens (tertiary/aromatic N) is 1. The quantitative estimate of drug-likeness (QED) is 0.183. The highest BCUT2D eigenvalue weighted by Gasteiger charge is 2.30. The molecule has 0 radical (unpaired) electrons. The largest absolute Gasteiger partial charge is 0.496 e. The number of hydrogen-bond acceptors (Lipinski definition) is 6. The molecule has 3 rings (SSSR count). The molecule has 1 aliphatic rings. The van der Waals surface area contributed by atoms with Crippen molar-refractivity contribution in [3.63, 3.8) is 0 Å². The van der Waals surface area contributed by atoms with Gasteiger partial charge in [0.2, 0.25) is 0 Å². The van der Waals surface area contributed by atoms with E-state index in [-0.39, 0.29) is 6.73 Å². The summed E-state index contributed by atoms with van der Waals surface area (Å²) in [5.74, 6) is 0.159. The van der Waals surface area contributed by atoms with Gasteiger partial charge >= 0.3 is 5.97 Å². The number of carboxylic acid groups (broad SMARTS) is 1. The predicted octanol–water partition coefficient (Wildman–Crippen LogP) is 7.18. The molecular weight excluding hydrogens is 516 g/mol. The Bertz CT molecular complexity index is 1020. The molecule has 0 amide bonds. The number of aliphatic hydroxyl groups is 1. The Morgan fingerprint density at radius 3 is 2.29 bits per heavy atom. The summed E-state index contributed by atoms with van der Waals surface area (Å²) in [6.45, 7) is 20.2. The summed E-state index contributed by atoms with van der Waals surface area (Å²) in [6, 6.07) is 12.1. The smallest absolute Gasteiger partial charge is 0.326 e. The van der Waals surface area contributed by atoms with Crippen LogP contribution in [-0.2, 0) is 9.53 Å². The molecule has 41 heavy (non-hydrogen) atoms. The summed E-state index contributed by atoms with van der Waals surface area (Å²) in [5.41, 5.74) is 2.38. The fourth-order valence-electron chi connectivity index (χ4n) is 4.02. The summed E-state index contributed by atoms with van der Waals surface area (Å²) < 4.78 is 10.2. The van der Waals surface area contributed by atoms with Crippen LogP contribution < -0.4 is 10.1 Å². The zero-order chi connectivity index (χ0) is 31.3. The molecule has 1 atom stereocenters. The molecule has 0 saturated carbocycles. The minimum absolute atomic E-state index is 0.120. The second kappa shape index (κ2) is 21.8. The molecule has 3 N–H and O–H groups in total. The molecular formula is C34H56N2O5. The van der Waals surface area contributed by atoms with Gasteiger partial charge in [0, 0.05) is 32.5 Å². The Hall–Kier alpha value is -2.87. The molecule has 0 aromatic heterocycles. The Morgan fingerprint density at radius 2 is 1.83 bits per heavy atom. The van der Waals surface area contributed by atoms with Gasteiger partial charge in [0.05, 0.1) is 13.8 Å². The minimum atomic E-state index is -0.798. The lowest BCUT2D eigenvalue weighted by Gasteiger charge is -2.25. The van der Waals surface area contributed by atoms with Crippen LogP contribution in [0.1, 0.15) is 71.8 Å². The number of likely N-dealkylation sites (tertiary alicyclic amines) is 1. The third-order valence-electron chi connectivity index (χ3n) is 7.08. The highest BCUT2D eigenvalue weighted by Crippen LogP contribution is 2.25. The van der Waals surface area contributed by atoms with Crippen LogP contribution in [0.4, 0.5) is 0 Å². The van der Waals surface area contributed by atoms with E-state index in [0.29, 0.717) is 18.4 Å². The van der Waals surface area contributed by atoms with Crippen molar-refractivity contribution in [2.45, 2.75) is 79.2 Å². The number of methoxy groups -OCH3 is 2. The maximum atomic E-state index is 10.8. The maximum absolute atomic E-state index is 10.8. The van der Waals surface area contributed by atoms with Crippen LogP contribution in [-0.4, -0.2) is 67.8 Å². The van der Waals surface area contributed by atoms with Crippen LogP contribution in [0.2, 0.25) is 0 Å². The zero-order valence-electron chi connectivity index (χ0n) is 26.7. The number of ether oxygens (including phenoxy) is 2. The fourth-order valence-corrected chi connectivity index (χ4v) is 4.02. The van der Waals surface area contributed by atoms with Crippen LogP contribution in [0.3, 0.4) is 0 Å².